The van der Waals surface area contributed by atoms with Crippen LogP contribution in [0.4, 0.5) is 5.82 Å². The molecule has 0 saturated carbocycles. The summed E-state index contributed by atoms with van der Waals surface area (Å²) < 4.78 is 6.64. The molecule has 0 aliphatic carbocycles. The van der Waals surface area contributed by atoms with Gasteiger partial charge in [0.05, 0.1) is 6.61 Å². The zero-order valence-electron chi connectivity index (χ0n) is 11.6. The van der Waals surface area contributed by atoms with Gasteiger partial charge in [-0.25, -0.2) is 4.79 Å². The average molecular weight is 300 g/mol. The molecule has 4 atom stereocenters. The molecule has 9 heteroatoms. The minimum atomic E-state index is -1.39. The number of hydrogen-bond donors (Lipinski definition) is 5. The maximum Gasteiger partial charge on any atom is 0.351 e. The van der Waals surface area contributed by atoms with Crippen molar-refractivity contribution in [1.29, 1.82) is 0 Å². The van der Waals surface area contributed by atoms with Gasteiger partial charge < -0.3 is 31.1 Å². The molecule has 1 aromatic rings. The number of nitrogens with one attached hydrogen (secondary N) is 1. The van der Waals surface area contributed by atoms with Crippen LogP contribution in [0.3, 0.4) is 0 Å². The largest absolute Gasteiger partial charge is 0.393 e. The molecule has 2 heterocycles. The van der Waals surface area contributed by atoms with Crippen molar-refractivity contribution in [2.24, 2.45) is 0 Å². The minimum Gasteiger partial charge on any atom is -0.393 e. The number of nitrogens with zero attached hydrogens (tertiary/aromatic N) is 2. The fourth-order valence-electron chi connectivity index (χ4n) is 2.36. The molecule has 0 amide bonds. The molecule has 0 bridgehead atoms. The molecular formula is C12H20N4O5. The maximum atomic E-state index is 11.8. The Morgan fingerprint density at radius 3 is 2.86 bits per heavy atom. The first-order valence-electron chi connectivity index (χ1n) is 6.65. The van der Waals surface area contributed by atoms with E-state index in [0.29, 0.717) is 6.54 Å². The SMILES string of the molecule is CCNC[C@]1(CO)O[C@@H](n2ccc(N)nc2=O)C(O)C1O. The van der Waals surface area contributed by atoms with E-state index in [2.05, 4.69) is 10.3 Å². The molecule has 2 unspecified atom stereocenters. The highest BCUT2D eigenvalue weighted by Crippen LogP contribution is 2.36. The Balaban J connectivity index is 2.32. The summed E-state index contributed by atoms with van der Waals surface area (Å²) in [5, 5.41) is 32.8. The zero-order valence-corrected chi connectivity index (χ0v) is 11.6. The van der Waals surface area contributed by atoms with Gasteiger partial charge in [-0.2, -0.15) is 4.98 Å². The molecule has 1 saturated heterocycles. The molecular weight excluding hydrogens is 280 g/mol. The van der Waals surface area contributed by atoms with Gasteiger partial charge in [0.2, 0.25) is 0 Å². The Kier molecular flexibility index (Phi) is 4.59. The highest BCUT2D eigenvalue weighted by molar-refractivity contribution is 5.23. The molecule has 1 aliphatic heterocycles. The topological polar surface area (TPSA) is 143 Å². The molecule has 1 aliphatic rings. The number of rotatable bonds is 5. The Hall–Kier alpha value is -1.52. The highest BCUT2D eigenvalue weighted by Gasteiger charge is 2.54. The van der Waals surface area contributed by atoms with Crippen LogP contribution >= 0.6 is 0 Å². The van der Waals surface area contributed by atoms with Crippen LogP contribution in [0.25, 0.3) is 0 Å². The highest BCUT2D eigenvalue weighted by atomic mass is 16.6. The van der Waals surface area contributed by atoms with E-state index in [9.17, 15) is 20.1 Å². The molecule has 1 aromatic heterocycles. The lowest BCUT2D eigenvalue weighted by Crippen LogP contribution is -2.53. The normalized spacial score (nSPS) is 32.5. The van der Waals surface area contributed by atoms with Crippen LogP contribution < -0.4 is 16.7 Å². The lowest BCUT2D eigenvalue weighted by Gasteiger charge is -2.30. The van der Waals surface area contributed by atoms with Crippen molar-refractivity contribution in [1.82, 2.24) is 14.9 Å². The molecule has 21 heavy (non-hydrogen) atoms. The Bertz CT molecular complexity index is 551. The van der Waals surface area contributed by atoms with Gasteiger partial charge in [-0.1, -0.05) is 6.92 Å². The molecule has 6 N–H and O–H groups in total. The molecule has 0 radical (unpaired) electrons. The van der Waals surface area contributed by atoms with Crippen LogP contribution in [0, 0.1) is 0 Å². The van der Waals surface area contributed by atoms with Crippen molar-refractivity contribution in [2.45, 2.75) is 31.0 Å². The minimum absolute atomic E-state index is 0.0466. The van der Waals surface area contributed by atoms with Crippen molar-refractivity contribution in [3.05, 3.63) is 22.7 Å². The number of hydrogen-bond acceptors (Lipinski definition) is 8. The van der Waals surface area contributed by atoms with E-state index in [-0.39, 0.29) is 12.4 Å². The lowest BCUT2D eigenvalue weighted by atomic mass is 9.96. The van der Waals surface area contributed by atoms with E-state index in [0.717, 1.165) is 4.57 Å². The van der Waals surface area contributed by atoms with Gasteiger partial charge in [0.15, 0.2) is 6.23 Å². The van der Waals surface area contributed by atoms with Crippen LogP contribution in [0.2, 0.25) is 0 Å². The number of nitrogen functional groups attached to an aromatic ring is 1. The first-order valence-corrected chi connectivity index (χ1v) is 6.65. The predicted octanol–water partition coefficient (Wildman–Crippen LogP) is -2.58. The summed E-state index contributed by atoms with van der Waals surface area (Å²) in [6.07, 6.45) is -2.55. The second-order valence-corrected chi connectivity index (χ2v) is 4.99. The van der Waals surface area contributed by atoms with Gasteiger partial charge in [0.1, 0.15) is 23.6 Å². The van der Waals surface area contributed by atoms with Gasteiger partial charge in [-0.3, -0.25) is 4.57 Å². The van der Waals surface area contributed by atoms with E-state index >= 15 is 0 Å². The second-order valence-electron chi connectivity index (χ2n) is 4.99. The van der Waals surface area contributed by atoms with E-state index in [1.54, 1.807) is 0 Å². The number of likely N-dealkylation sites (N-methyl/N-ethyl adjacent to an activating group) is 1. The summed E-state index contributed by atoms with van der Waals surface area (Å²) in [4.78, 5) is 15.4. The lowest BCUT2D eigenvalue weighted by molar-refractivity contribution is -0.126. The fourth-order valence-corrected chi connectivity index (χ4v) is 2.36. The standard InChI is InChI=1S/C12H20N4O5/c1-2-14-5-12(6-17)9(19)8(18)10(21-12)16-4-3-7(13)15-11(16)20/h3-4,8-10,14,17-19H,2,5-6H2,1H3,(H2,13,15,20)/t8?,9?,10-,12-/m1/s1. The number of aliphatic hydroxyl groups excluding tert-OH is 3. The van der Waals surface area contributed by atoms with Crippen LogP contribution in [-0.4, -0.2) is 62.4 Å². The number of nitrogens with two attached hydrogens (primary N) is 1. The van der Waals surface area contributed by atoms with E-state index in [1.165, 1.54) is 12.3 Å². The maximum absolute atomic E-state index is 11.8. The number of aliphatic hydroxyl groups is 3. The zero-order chi connectivity index (χ0) is 15.6. The molecule has 118 valence electrons. The van der Waals surface area contributed by atoms with Crippen molar-refractivity contribution in [3.8, 4) is 0 Å². The third-order valence-electron chi connectivity index (χ3n) is 3.58. The van der Waals surface area contributed by atoms with Crippen LogP contribution in [0.5, 0.6) is 0 Å². The monoisotopic (exact) mass is 300 g/mol. The van der Waals surface area contributed by atoms with Gasteiger partial charge in [0.25, 0.3) is 0 Å². The van der Waals surface area contributed by atoms with Gasteiger partial charge in [0, 0.05) is 12.7 Å². The molecule has 0 aromatic carbocycles. The van der Waals surface area contributed by atoms with Crippen LogP contribution in [0.15, 0.2) is 17.1 Å². The van der Waals surface area contributed by atoms with E-state index in [4.69, 9.17) is 10.5 Å². The second kappa shape index (κ2) is 6.08. The smallest absolute Gasteiger partial charge is 0.351 e. The molecule has 1 fully saturated rings. The summed E-state index contributed by atoms with van der Waals surface area (Å²) in [5.41, 5.74) is 3.31. The number of anilines is 1. The predicted molar refractivity (Wildman–Crippen MR) is 73.4 cm³/mol. The molecule has 0 spiro atoms. The summed E-state index contributed by atoms with van der Waals surface area (Å²) in [6.45, 7) is 2.08. The third kappa shape index (κ3) is 2.78. The Morgan fingerprint density at radius 1 is 1.57 bits per heavy atom. The van der Waals surface area contributed by atoms with Crippen molar-refractivity contribution >= 4 is 5.82 Å². The molecule has 2 rings (SSSR count). The average Bonchev–Trinajstić information content (AvgIpc) is 2.71. The first kappa shape index (κ1) is 15.9. The Labute approximate surface area is 121 Å². The van der Waals surface area contributed by atoms with Crippen LogP contribution in [0.1, 0.15) is 13.2 Å². The van der Waals surface area contributed by atoms with E-state index in [1.807, 2.05) is 6.92 Å². The van der Waals surface area contributed by atoms with Crippen molar-refractivity contribution in [3.63, 3.8) is 0 Å². The van der Waals surface area contributed by atoms with Crippen molar-refractivity contribution in [2.75, 3.05) is 25.4 Å². The van der Waals surface area contributed by atoms with Gasteiger partial charge in [-0.05, 0) is 12.6 Å². The molecule has 9 nitrogen and oxygen atoms in total. The number of aromatic nitrogens is 2. The van der Waals surface area contributed by atoms with Crippen molar-refractivity contribution < 1.29 is 20.1 Å². The first-order chi connectivity index (χ1) is 9.95. The summed E-state index contributed by atoms with van der Waals surface area (Å²) >= 11 is 0. The summed E-state index contributed by atoms with van der Waals surface area (Å²) in [7, 11) is 0. The quantitative estimate of drug-likeness (QED) is 0.399. The van der Waals surface area contributed by atoms with E-state index < -0.39 is 36.3 Å². The third-order valence-corrected chi connectivity index (χ3v) is 3.58. The Morgan fingerprint density at radius 2 is 2.29 bits per heavy atom. The van der Waals surface area contributed by atoms with Crippen LogP contribution in [-0.2, 0) is 4.74 Å². The van der Waals surface area contributed by atoms with Gasteiger partial charge in [-0.15, -0.1) is 0 Å². The number of ether oxygens (including phenoxy) is 1. The summed E-state index contributed by atoms with van der Waals surface area (Å²) in [6, 6.07) is 1.38. The summed E-state index contributed by atoms with van der Waals surface area (Å²) in [5.74, 6) is 0.0466. The van der Waals surface area contributed by atoms with Gasteiger partial charge >= 0.3 is 5.69 Å². The fraction of sp³-hybridized carbons (Fsp3) is 0.667.